The van der Waals surface area contributed by atoms with Crippen LogP contribution in [0.2, 0.25) is 0 Å². The molecule has 0 atom stereocenters. The minimum absolute atomic E-state index is 0.0345. The number of piperazine rings is 1. The summed E-state index contributed by atoms with van der Waals surface area (Å²) in [5, 5.41) is 19.1. The highest BCUT2D eigenvalue weighted by atomic mass is 16.5. The van der Waals surface area contributed by atoms with Gasteiger partial charge in [-0.2, -0.15) is 0 Å². The van der Waals surface area contributed by atoms with Crippen LogP contribution in [0.25, 0.3) is 0 Å². The van der Waals surface area contributed by atoms with Gasteiger partial charge in [-0.05, 0) is 12.1 Å². The fraction of sp³-hybridized carbons (Fsp3) is 0.278. The average molecular weight is 357 g/mol. The van der Waals surface area contributed by atoms with Gasteiger partial charge in [-0.1, -0.05) is 18.2 Å². The maximum atomic E-state index is 12.5. The van der Waals surface area contributed by atoms with Crippen molar-refractivity contribution < 1.29 is 24.5 Å². The van der Waals surface area contributed by atoms with Gasteiger partial charge < -0.3 is 24.7 Å². The predicted molar refractivity (Wildman–Crippen MR) is 94.0 cm³/mol. The minimum Gasteiger partial charge on any atom is -0.503 e. The quantitative estimate of drug-likeness (QED) is 0.854. The van der Waals surface area contributed by atoms with Crippen molar-refractivity contribution in [2.45, 2.75) is 0 Å². The Morgan fingerprint density at radius 3 is 2.35 bits per heavy atom. The van der Waals surface area contributed by atoms with Crippen molar-refractivity contribution in [2.24, 2.45) is 0 Å². The largest absolute Gasteiger partial charge is 0.503 e. The molecule has 2 heterocycles. The third-order valence-electron chi connectivity index (χ3n) is 4.28. The lowest BCUT2D eigenvalue weighted by atomic mass is 10.2. The molecular weight excluding hydrogens is 338 g/mol. The molecule has 1 amide bonds. The molecule has 1 saturated heterocycles. The van der Waals surface area contributed by atoms with Crippen LogP contribution in [-0.2, 0) is 0 Å². The molecule has 1 aliphatic heterocycles. The number of aromatic carboxylic acids is 1. The first-order valence-electron chi connectivity index (χ1n) is 8.12. The second-order valence-electron chi connectivity index (χ2n) is 5.83. The van der Waals surface area contributed by atoms with Gasteiger partial charge in [-0.15, -0.1) is 0 Å². The number of carbonyl (C=O) groups excluding carboxylic acids is 1. The summed E-state index contributed by atoms with van der Waals surface area (Å²) in [6.45, 7) is 1.97. The van der Waals surface area contributed by atoms with E-state index in [1.165, 1.54) is 13.2 Å². The summed E-state index contributed by atoms with van der Waals surface area (Å²) >= 11 is 0. The number of methoxy groups -OCH3 is 1. The van der Waals surface area contributed by atoms with Gasteiger partial charge in [0.25, 0.3) is 5.91 Å². The van der Waals surface area contributed by atoms with Crippen LogP contribution < -0.4 is 9.64 Å². The van der Waals surface area contributed by atoms with E-state index in [9.17, 15) is 19.8 Å². The zero-order chi connectivity index (χ0) is 18.7. The summed E-state index contributed by atoms with van der Waals surface area (Å²) in [5.41, 5.74) is 0.181. The number of amides is 1. The fourth-order valence-electron chi connectivity index (χ4n) is 2.87. The number of nitrogens with zero attached hydrogens (tertiary/aromatic N) is 3. The number of carboxylic acid groups (broad SMARTS) is 1. The van der Waals surface area contributed by atoms with E-state index in [1.54, 1.807) is 17.0 Å². The van der Waals surface area contributed by atoms with Crippen LogP contribution in [0.5, 0.6) is 11.5 Å². The molecular formula is C18H19N3O5. The number of aromatic hydroxyl groups is 1. The lowest BCUT2D eigenvalue weighted by Gasteiger charge is -2.35. The first-order chi connectivity index (χ1) is 12.5. The van der Waals surface area contributed by atoms with Gasteiger partial charge >= 0.3 is 5.97 Å². The molecule has 8 nitrogen and oxygen atoms in total. The van der Waals surface area contributed by atoms with Gasteiger partial charge in [0.15, 0.2) is 17.2 Å². The average Bonchev–Trinajstić information content (AvgIpc) is 2.68. The normalized spacial score (nSPS) is 14.2. The zero-order valence-corrected chi connectivity index (χ0v) is 14.3. The molecule has 1 aromatic carbocycles. The third-order valence-corrected chi connectivity index (χ3v) is 4.28. The van der Waals surface area contributed by atoms with Gasteiger partial charge in [-0.25, -0.2) is 9.78 Å². The Morgan fingerprint density at radius 1 is 1.12 bits per heavy atom. The van der Waals surface area contributed by atoms with Crippen molar-refractivity contribution in [2.75, 3.05) is 38.2 Å². The molecule has 2 N–H and O–H groups in total. The Hall–Kier alpha value is -3.29. The number of hydrogen-bond donors (Lipinski definition) is 2. The lowest BCUT2D eigenvalue weighted by Crippen LogP contribution is -2.49. The number of rotatable bonds is 4. The number of hydrogen-bond acceptors (Lipinski definition) is 6. The number of pyridine rings is 1. The maximum absolute atomic E-state index is 12.5. The molecule has 1 aromatic heterocycles. The minimum atomic E-state index is -1.33. The van der Waals surface area contributed by atoms with Crippen molar-refractivity contribution in [1.82, 2.24) is 9.88 Å². The van der Waals surface area contributed by atoms with Gasteiger partial charge in [0, 0.05) is 37.8 Å². The van der Waals surface area contributed by atoms with E-state index >= 15 is 0 Å². The number of anilines is 1. The van der Waals surface area contributed by atoms with Gasteiger partial charge in [0.1, 0.15) is 5.82 Å². The fourth-order valence-corrected chi connectivity index (χ4v) is 2.87. The van der Waals surface area contributed by atoms with E-state index in [4.69, 9.17) is 4.74 Å². The molecule has 1 fully saturated rings. The first-order valence-corrected chi connectivity index (χ1v) is 8.12. The second kappa shape index (κ2) is 7.30. The topological polar surface area (TPSA) is 103 Å². The van der Waals surface area contributed by atoms with Gasteiger partial charge in [0.2, 0.25) is 0 Å². The molecule has 1 aliphatic rings. The Kier molecular flexibility index (Phi) is 4.92. The molecule has 0 aliphatic carbocycles. The molecule has 0 bridgehead atoms. The highest BCUT2D eigenvalue weighted by molar-refractivity contribution is 5.94. The summed E-state index contributed by atoms with van der Waals surface area (Å²) < 4.78 is 5.04. The van der Waals surface area contributed by atoms with Crippen LogP contribution in [0.1, 0.15) is 20.8 Å². The van der Waals surface area contributed by atoms with Crippen LogP contribution >= 0.6 is 0 Å². The SMILES string of the molecule is COc1cc(N2CCN(C(=O)c3ccccc3)CC2)nc(C(=O)O)c1O. The van der Waals surface area contributed by atoms with Crippen LogP contribution in [0.4, 0.5) is 5.82 Å². The van der Waals surface area contributed by atoms with Crippen molar-refractivity contribution in [3.63, 3.8) is 0 Å². The summed E-state index contributed by atoms with van der Waals surface area (Å²) in [6.07, 6.45) is 0. The summed E-state index contributed by atoms with van der Waals surface area (Å²) in [7, 11) is 1.35. The van der Waals surface area contributed by atoms with Crippen LogP contribution in [-0.4, -0.2) is 65.3 Å². The monoisotopic (exact) mass is 357 g/mol. The highest BCUT2D eigenvalue weighted by Gasteiger charge is 2.25. The Labute approximate surface area is 150 Å². The number of aromatic nitrogens is 1. The second-order valence-corrected chi connectivity index (χ2v) is 5.83. The van der Waals surface area contributed by atoms with Crippen molar-refractivity contribution >= 4 is 17.7 Å². The first kappa shape index (κ1) is 17.5. The molecule has 0 radical (unpaired) electrons. The Bertz CT molecular complexity index is 817. The molecule has 26 heavy (non-hydrogen) atoms. The maximum Gasteiger partial charge on any atom is 0.358 e. The molecule has 2 aromatic rings. The number of carbonyl (C=O) groups is 2. The molecule has 3 rings (SSSR count). The van der Waals surface area contributed by atoms with Gasteiger partial charge in [-0.3, -0.25) is 4.79 Å². The number of benzene rings is 1. The predicted octanol–water partition coefficient (Wildman–Crippen LogP) is 1.46. The van der Waals surface area contributed by atoms with Crippen molar-refractivity contribution in [1.29, 1.82) is 0 Å². The Morgan fingerprint density at radius 2 is 1.77 bits per heavy atom. The lowest BCUT2D eigenvalue weighted by molar-refractivity contribution is 0.0685. The Balaban J connectivity index is 1.75. The van der Waals surface area contributed by atoms with Crippen LogP contribution in [0.15, 0.2) is 36.4 Å². The van der Waals surface area contributed by atoms with Crippen molar-refractivity contribution in [3.05, 3.63) is 47.7 Å². The van der Waals surface area contributed by atoms with Gasteiger partial charge in [0.05, 0.1) is 7.11 Å². The smallest absolute Gasteiger partial charge is 0.358 e. The standard InChI is InChI=1S/C18H19N3O5/c1-26-13-11-14(19-15(16(13)22)18(24)25)20-7-9-21(10-8-20)17(23)12-5-3-2-4-6-12/h2-6,11,22H,7-10H2,1H3,(H,24,25). The number of ether oxygens (including phenoxy) is 1. The highest BCUT2D eigenvalue weighted by Crippen LogP contribution is 2.32. The van der Waals surface area contributed by atoms with Crippen molar-refractivity contribution in [3.8, 4) is 11.5 Å². The zero-order valence-electron chi connectivity index (χ0n) is 14.3. The van der Waals surface area contributed by atoms with E-state index in [0.717, 1.165) is 0 Å². The van der Waals surface area contributed by atoms with Crippen LogP contribution in [0.3, 0.4) is 0 Å². The van der Waals surface area contributed by atoms with E-state index in [0.29, 0.717) is 37.6 Å². The summed E-state index contributed by atoms with van der Waals surface area (Å²) in [6, 6.07) is 10.6. The summed E-state index contributed by atoms with van der Waals surface area (Å²) in [4.78, 5) is 31.4. The molecule has 0 spiro atoms. The molecule has 0 saturated carbocycles. The summed E-state index contributed by atoms with van der Waals surface area (Å²) in [5.74, 6) is -1.42. The number of carboxylic acids is 1. The third kappa shape index (κ3) is 3.39. The van der Waals surface area contributed by atoms with E-state index in [1.807, 2.05) is 23.1 Å². The van der Waals surface area contributed by atoms with E-state index in [-0.39, 0.29) is 11.7 Å². The van der Waals surface area contributed by atoms with E-state index < -0.39 is 17.4 Å². The van der Waals surface area contributed by atoms with Crippen LogP contribution in [0, 0.1) is 0 Å². The molecule has 136 valence electrons. The molecule has 0 unspecified atom stereocenters. The van der Waals surface area contributed by atoms with E-state index in [2.05, 4.69) is 4.98 Å². The molecule has 8 heteroatoms.